The van der Waals surface area contributed by atoms with Crippen LogP contribution in [-0.2, 0) is 28.4 Å². The molecule has 1 aliphatic rings. The second-order valence-electron chi connectivity index (χ2n) is 9.11. The van der Waals surface area contributed by atoms with Crippen molar-refractivity contribution in [1.82, 2.24) is 9.96 Å². The molecule has 1 aliphatic heterocycles. The lowest BCUT2D eigenvalue weighted by Crippen LogP contribution is -2.46. The second-order valence-corrected chi connectivity index (χ2v) is 10.7. The average Bonchev–Trinajstić information content (AvgIpc) is 3.02. The van der Waals surface area contributed by atoms with Crippen LogP contribution in [0.3, 0.4) is 0 Å². The van der Waals surface area contributed by atoms with E-state index in [1.54, 1.807) is 20.8 Å². The summed E-state index contributed by atoms with van der Waals surface area (Å²) in [6.45, 7) is 4.28. The molecule has 1 fully saturated rings. The molecule has 2 N–H and O–H groups in total. The SMILES string of the molecule is CCN1C(=O)N(OS(=O)(=O)OCC(C)(C)COC(=O)c2c(OC)ccc(Cl)c2OC)CCC[C@H]1C#CC(N)=O. The highest BCUT2D eigenvalue weighted by molar-refractivity contribution is 7.81. The van der Waals surface area contributed by atoms with Crippen LogP contribution in [0.2, 0.25) is 5.02 Å². The normalized spacial score (nSPS) is 16.2. The number of halogens is 1. The van der Waals surface area contributed by atoms with E-state index < -0.39 is 46.4 Å². The van der Waals surface area contributed by atoms with Crippen LogP contribution in [0.1, 0.15) is 44.0 Å². The number of carbonyl (C=O) groups is 3. The number of nitrogens with zero attached hydrogens (tertiary/aromatic N) is 2. The van der Waals surface area contributed by atoms with Gasteiger partial charge in [0.05, 0.1) is 45.0 Å². The van der Waals surface area contributed by atoms with E-state index in [0.29, 0.717) is 17.9 Å². The van der Waals surface area contributed by atoms with E-state index in [2.05, 4.69) is 11.8 Å². The van der Waals surface area contributed by atoms with Crippen molar-refractivity contribution in [1.29, 1.82) is 0 Å². The van der Waals surface area contributed by atoms with E-state index in [4.69, 9.17) is 40.0 Å². The van der Waals surface area contributed by atoms with E-state index in [1.165, 1.54) is 31.3 Å². The Bertz CT molecular complexity index is 1240. The van der Waals surface area contributed by atoms with Crippen molar-refractivity contribution in [2.45, 2.75) is 39.7 Å². The van der Waals surface area contributed by atoms with Crippen LogP contribution in [0, 0.1) is 17.3 Å². The predicted octanol–water partition coefficient (Wildman–Crippen LogP) is 2.13. The largest absolute Gasteiger partial charge is 0.496 e. The van der Waals surface area contributed by atoms with Crippen molar-refractivity contribution in [2.75, 3.05) is 40.5 Å². The number of rotatable bonds is 11. The zero-order valence-electron chi connectivity index (χ0n) is 22.3. The summed E-state index contributed by atoms with van der Waals surface area (Å²) in [6.07, 6.45) is 0.717. The number of methoxy groups -OCH3 is 2. The number of ether oxygens (including phenoxy) is 3. The van der Waals surface area contributed by atoms with Gasteiger partial charge in [-0.2, -0.15) is 13.5 Å². The maximum Gasteiger partial charge on any atom is 0.421 e. The Balaban J connectivity index is 2.04. The van der Waals surface area contributed by atoms with Crippen molar-refractivity contribution < 1.29 is 45.5 Å². The Morgan fingerprint density at radius 2 is 1.90 bits per heavy atom. The van der Waals surface area contributed by atoms with E-state index >= 15 is 0 Å². The van der Waals surface area contributed by atoms with Crippen LogP contribution in [0.5, 0.6) is 11.5 Å². The summed E-state index contributed by atoms with van der Waals surface area (Å²) in [6, 6.07) is 1.58. The van der Waals surface area contributed by atoms with Gasteiger partial charge in [0.2, 0.25) is 0 Å². The smallest absolute Gasteiger partial charge is 0.421 e. The lowest BCUT2D eigenvalue weighted by atomic mass is 9.96. The number of hydrogen-bond acceptors (Lipinski definition) is 10. The van der Waals surface area contributed by atoms with E-state index in [-0.39, 0.29) is 41.8 Å². The molecular formula is C24H32ClN3O10S. The third kappa shape index (κ3) is 8.89. The molecule has 3 amide bonds. The third-order valence-corrected chi connectivity index (χ3v) is 6.51. The lowest BCUT2D eigenvalue weighted by Gasteiger charge is -2.28. The van der Waals surface area contributed by atoms with Crippen LogP contribution in [0.4, 0.5) is 4.79 Å². The predicted molar refractivity (Wildman–Crippen MR) is 139 cm³/mol. The molecule has 13 nitrogen and oxygen atoms in total. The fourth-order valence-corrected chi connectivity index (χ4v) is 4.63. The number of hydrogen-bond donors (Lipinski definition) is 1. The zero-order chi connectivity index (χ0) is 29.4. The van der Waals surface area contributed by atoms with Gasteiger partial charge in [0.15, 0.2) is 5.75 Å². The van der Waals surface area contributed by atoms with Gasteiger partial charge in [0, 0.05) is 12.0 Å². The third-order valence-electron chi connectivity index (χ3n) is 5.45. The molecule has 0 saturated carbocycles. The molecule has 2 rings (SSSR count). The minimum atomic E-state index is -4.69. The molecule has 1 aromatic rings. The fraction of sp³-hybridized carbons (Fsp3) is 0.542. The van der Waals surface area contributed by atoms with Crippen molar-refractivity contribution in [2.24, 2.45) is 11.1 Å². The van der Waals surface area contributed by atoms with Crippen molar-refractivity contribution in [3.8, 4) is 23.3 Å². The highest BCUT2D eigenvalue weighted by Crippen LogP contribution is 2.36. The van der Waals surface area contributed by atoms with Gasteiger partial charge < -0.3 is 24.8 Å². The van der Waals surface area contributed by atoms with Crippen LogP contribution < -0.4 is 15.2 Å². The molecule has 0 bridgehead atoms. The molecule has 1 aromatic carbocycles. The molecule has 15 heteroatoms. The van der Waals surface area contributed by atoms with Crippen LogP contribution in [-0.4, -0.2) is 82.9 Å². The number of urea groups is 1. The van der Waals surface area contributed by atoms with Gasteiger partial charge in [-0.05, 0) is 37.8 Å². The first-order valence-electron chi connectivity index (χ1n) is 11.8. The molecule has 39 heavy (non-hydrogen) atoms. The van der Waals surface area contributed by atoms with Crippen LogP contribution in [0.15, 0.2) is 12.1 Å². The van der Waals surface area contributed by atoms with E-state index in [0.717, 1.165) is 0 Å². The van der Waals surface area contributed by atoms with Crippen molar-refractivity contribution >= 4 is 39.9 Å². The van der Waals surface area contributed by atoms with Gasteiger partial charge in [-0.3, -0.25) is 4.79 Å². The topological polar surface area (TPSA) is 164 Å². The zero-order valence-corrected chi connectivity index (χ0v) is 23.9. The minimum absolute atomic E-state index is 0.0286. The van der Waals surface area contributed by atoms with Crippen LogP contribution in [0.25, 0.3) is 0 Å². The number of hydroxylamine groups is 2. The summed E-state index contributed by atoms with van der Waals surface area (Å²) >= 11 is 6.10. The molecule has 0 radical (unpaired) electrons. The summed E-state index contributed by atoms with van der Waals surface area (Å²) in [5.74, 6) is 3.44. The maximum absolute atomic E-state index is 12.9. The highest BCUT2D eigenvalue weighted by Gasteiger charge is 2.34. The molecule has 1 heterocycles. The molecular weight excluding hydrogens is 558 g/mol. The number of amides is 3. The van der Waals surface area contributed by atoms with Crippen molar-refractivity contribution in [3.63, 3.8) is 0 Å². The van der Waals surface area contributed by atoms with E-state index in [9.17, 15) is 22.8 Å². The maximum atomic E-state index is 12.9. The summed E-state index contributed by atoms with van der Waals surface area (Å²) in [4.78, 5) is 38.0. The van der Waals surface area contributed by atoms with Gasteiger partial charge >= 0.3 is 22.4 Å². The van der Waals surface area contributed by atoms with Gasteiger partial charge in [0.1, 0.15) is 11.3 Å². The number of benzene rings is 1. The Morgan fingerprint density at radius 1 is 1.21 bits per heavy atom. The summed E-state index contributed by atoms with van der Waals surface area (Å²) in [5.41, 5.74) is 4.03. The first kappa shape index (κ1) is 32.0. The lowest BCUT2D eigenvalue weighted by molar-refractivity contribution is -0.112. The highest BCUT2D eigenvalue weighted by atomic mass is 35.5. The molecule has 0 aliphatic carbocycles. The molecule has 0 spiro atoms. The monoisotopic (exact) mass is 589 g/mol. The molecule has 216 valence electrons. The van der Waals surface area contributed by atoms with Crippen LogP contribution >= 0.6 is 11.6 Å². The number of nitrogens with two attached hydrogens (primary N) is 1. The van der Waals surface area contributed by atoms with Gasteiger partial charge in [-0.1, -0.05) is 31.4 Å². The quantitative estimate of drug-likeness (QED) is 0.298. The number of esters is 1. The van der Waals surface area contributed by atoms with Gasteiger partial charge in [-0.25, -0.2) is 13.8 Å². The summed E-state index contributed by atoms with van der Waals surface area (Å²) in [5, 5.41) is 0.835. The second kappa shape index (κ2) is 13.7. The Morgan fingerprint density at radius 3 is 2.49 bits per heavy atom. The number of carbonyl (C=O) groups excluding carboxylic acids is 3. The van der Waals surface area contributed by atoms with Crippen molar-refractivity contribution in [3.05, 3.63) is 22.7 Å². The Labute approximate surface area is 232 Å². The van der Waals surface area contributed by atoms with E-state index in [1.807, 2.05) is 0 Å². The molecule has 1 atom stereocenters. The Hall–Kier alpha value is -3.25. The summed E-state index contributed by atoms with van der Waals surface area (Å²) in [7, 11) is -1.98. The first-order valence-corrected chi connectivity index (χ1v) is 13.5. The number of primary amides is 1. The Kier molecular flexibility index (Phi) is 11.2. The fourth-order valence-electron chi connectivity index (χ4n) is 3.53. The first-order chi connectivity index (χ1) is 18.2. The van der Waals surface area contributed by atoms with Gasteiger partial charge in [0.25, 0.3) is 5.91 Å². The standard InChI is InChI=1S/C24H32ClN3O10S/c1-6-27-16(9-12-19(26)29)8-7-13-28(23(27)31)38-39(32,33)37-15-24(2,3)14-36-22(30)20-18(34-4)11-10-17(25)21(20)35-5/h10-11,16H,6-8,13-15H2,1-5H3,(H2,26,29)/t16-/m0/s1. The summed E-state index contributed by atoms with van der Waals surface area (Å²) < 4.78 is 50.8. The average molecular weight is 590 g/mol. The van der Waals surface area contributed by atoms with Gasteiger partial charge in [-0.15, -0.1) is 4.28 Å². The minimum Gasteiger partial charge on any atom is -0.496 e. The molecule has 0 aromatic heterocycles. The molecule has 0 unspecified atom stereocenters. The molecule has 1 saturated heterocycles.